The number of hydrogen-bond donors (Lipinski definition) is 1. The van der Waals surface area contributed by atoms with Crippen LogP contribution < -0.4 is 5.32 Å². The molecule has 2 rings (SSSR count). The Hall–Kier alpha value is -2.44. The summed E-state index contributed by atoms with van der Waals surface area (Å²) in [6, 6.07) is 1.93. The summed E-state index contributed by atoms with van der Waals surface area (Å²) in [6.45, 7) is 8.19. The third-order valence-electron chi connectivity index (χ3n) is 3.85. The number of ether oxygens (including phenoxy) is 1. The number of fused-ring (bicyclic) bond motifs is 1. The zero-order chi connectivity index (χ0) is 17.7. The summed E-state index contributed by atoms with van der Waals surface area (Å²) in [5.41, 5.74) is 1.93. The average molecular weight is 332 g/mol. The highest BCUT2D eigenvalue weighted by atomic mass is 16.5. The highest BCUT2D eigenvalue weighted by Gasteiger charge is 2.18. The van der Waals surface area contributed by atoms with Gasteiger partial charge in [0.2, 0.25) is 5.91 Å². The second kappa shape index (κ2) is 7.90. The molecule has 130 valence electrons. The van der Waals surface area contributed by atoms with Gasteiger partial charge in [0.15, 0.2) is 5.65 Å². The Bertz CT molecular complexity index is 739. The van der Waals surface area contributed by atoms with Gasteiger partial charge in [-0.3, -0.25) is 4.79 Å². The van der Waals surface area contributed by atoms with Crippen LogP contribution in [0.2, 0.25) is 0 Å². The van der Waals surface area contributed by atoms with Gasteiger partial charge >= 0.3 is 5.97 Å². The third kappa shape index (κ3) is 4.10. The van der Waals surface area contributed by atoms with Gasteiger partial charge in [-0.25, -0.2) is 14.5 Å². The van der Waals surface area contributed by atoms with Gasteiger partial charge in [-0.05, 0) is 32.8 Å². The van der Waals surface area contributed by atoms with Crippen LogP contribution in [0.3, 0.4) is 0 Å². The molecule has 7 heteroatoms. The molecule has 1 N–H and O–H groups in total. The number of carbonyl (C=O) groups excluding carboxylic acids is 2. The number of nitrogens with one attached hydrogen (secondary N) is 1. The lowest BCUT2D eigenvalue weighted by atomic mass is 10.1. The second-order valence-corrected chi connectivity index (χ2v) is 5.87. The fourth-order valence-corrected chi connectivity index (χ4v) is 2.39. The maximum atomic E-state index is 12.4. The van der Waals surface area contributed by atoms with Crippen molar-refractivity contribution in [3.63, 3.8) is 0 Å². The van der Waals surface area contributed by atoms with Gasteiger partial charge in [-0.15, -0.1) is 0 Å². The fraction of sp³-hybridized carbons (Fsp3) is 0.529. The first kappa shape index (κ1) is 17.9. The first-order valence-corrected chi connectivity index (χ1v) is 8.20. The fourth-order valence-electron chi connectivity index (χ4n) is 2.39. The zero-order valence-corrected chi connectivity index (χ0v) is 14.6. The predicted molar refractivity (Wildman–Crippen MR) is 90.9 cm³/mol. The van der Waals surface area contributed by atoms with E-state index < -0.39 is 5.97 Å². The molecule has 0 radical (unpaired) electrons. The zero-order valence-electron chi connectivity index (χ0n) is 14.6. The summed E-state index contributed by atoms with van der Waals surface area (Å²) in [6.07, 6.45) is 3.17. The third-order valence-corrected chi connectivity index (χ3v) is 3.85. The molecule has 7 nitrogen and oxygen atoms in total. The summed E-state index contributed by atoms with van der Waals surface area (Å²) in [5, 5.41) is 7.75. The van der Waals surface area contributed by atoms with E-state index in [2.05, 4.69) is 29.2 Å². The van der Waals surface area contributed by atoms with Gasteiger partial charge in [-0.1, -0.05) is 6.92 Å². The second-order valence-electron chi connectivity index (χ2n) is 5.87. The molecule has 0 aliphatic carbocycles. The molecular weight excluding hydrogens is 308 g/mol. The molecule has 0 spiro atoms. The van der Waals surface area contributed by atoms with E-state index in [1.807, 2.05) is 11.6 Å². The summed E-state index contributed by atoms with van der Waals surface area (Å²) in [4.78, 5) is 27.7. The molecule has 1 unspecified atom stereocenters. The van der Waals surface area contributed by atoms with E-state index >= 15 is 0 Å². The van der Waals surface area contributed by atoms with Crippen LogP contribution in [-0.4, -0.2) is 39.8 Å². The van der Waals surface area contributed by atoms with Crippen LogP contribution in [0.5, 0.6) is 0 Å². The minimum Gasteiger partial charge on any atom is -0.462 e. The van der Waals surface area contributed by atoms with Gasteiger partial charge in [0, 0.05) is 19.2 Å². The Labute approximate surface area is 141 Å². The molecule has 0 fully saturated rings. The number of nitrogens with zero attached hydrogens (tertiary/aromatic N) is 3. The quantitative estimate of drug-likeness (QED) is 0.621. The Morgan fingerprint density at radius 1 is 1.42 bits per heavy atom. The molecule has 24 heavy (non-hydrogen) atoms. The van der Waals surface area contributed by atoms with Crippen LogP contribution in [0.15, 0.2) is 12.3 Å². The maximum Gasteiger partial charge on any atom is 0.339 e. The number of aromatic nitrogens is 3. The summed E-state index contributed by atoms with van der Waals surface area (Å²) >= 11 is 0. The van der Waals surface area contributed by atoms with Crippen molar-refractivity contribution in [1.82, 2.24) is 20.1 Å². The Balaban J connectivity index is 2.14. The number of hydrogen-bond acceptors (Lipinski definition) is 5. The van der Waals surface area contributed by atoms with Crippen LogP contribution in [0.1, 0.15) is 55.7 Å². The van der Waals surface area contributed by atoms with Gasteiger partial charge in [0.05, 0.1) is 29.8 Å². The SMILES string of the molecule is CCC(C)n1ncc2c(C(=O)OCCCNC(C)=O)cc(C)nc21. The monoisotopic (exact) mass is 332 g/mol. The largest absolute Gasteiger partial charge is 0.462 e. The lowest BCUT2D eigenvalue weighted by Crippen LogP contribution is -2.22. The Kier molecular flexibility index (Phi) is 5.89. The van der Waals surface area contributed by atoms with Crippen LogP contribution in [0.25, 0.3) is 11.0 Å². The molecule has 1 atom stereocenters. The van der Waals surface area contributed by atoms with Crippen molar-refractivity contribution >= 4 is 22.9 Å². The molecule has 2 aromatic rings. The topological polar surface area (TPSA) is 86.1 Å². The first-order chi connectivity index (χ1) is 11.4. The number of pyridine rings is 1. The van der Waals surface area contributed by atoms with E-state index in [0.29, 0.717) is 29.6 Å². The summed E-state index contributed by atoms with van der Waals surface area (Å²) in [7, 11) is 0. The number of amides is 1. The predicted octanol–water partition coefficient (Wildman–Crippen LogP) is 2.39. The molecule has 1 amide bonds. The van der Waals surface area contributed by atoms with E-state index in [1.165, 1.54) is 6.92 Å². The summed E-state index contributed by atoms with van der Waals surface area (Å²) < 4.78 is 7.16. The van der Waals surface area contributed by atoms with Gasteiger partial charge in [-0.2, -0.15) is 5.10 Å². The minimum absolute atomic E-state index is 0.0924. The number of carbonyl (C=O) groups is 2. The van der Waals surface area contributed by atoms with Crippen LogP contribution in [-0.2, 0) is 9.53 Å². The van der Waals surface area contributed by atoms with Crippen molar-refractivity contribution in [2.24, 2.45) is 0 Å². The molecule has 0 bridgehead atoms. The molecule has 0 aliphatic rings. The van der Waals surface area contributed by atoms with Gasteiger partial charge in [0.25, 0.3) is 0 Å². The maximum absolute atomic E-state index is 12.4. The Morgan fingerprint density at radius 3 is 2.83 bits per heavy atom. The van der Waals surface area contributed by atoms with E-state index in [-0.39, 0.29) is 18.6 Å². The van der Waals surface area contributed by atoms with Gasteiger partial charge < -0.3 is 10.1 Å². The Morgan fingerprint density at radius 2 is 2.17 bits per heavy atom. The highest BCUT2D eigenvalue weighted by molar-refractivity contribution is 6.02. The number of rotatable bonds is 7. The van der Waals surface area contributed by atoms with E-state index in [9.17, 15) is 9.59 Å². The molecular formula is C17H24N4O3. The molecule has 0 aromatic carbocycles. The van der Waals surface area contributed by atoms with Crippen molar-refractivity contribution < 1.29 is 14.3 Å². The molecule has 2 heterocycles. The number of esters is 1. The minimum atomic E-state index is -0.392. The lowest BCUT2D eigenvalue weighted by Gasteiger charge is -2.11. The van der Waals surface area contributed by atoms with Crippen molar-refractivity contribution in [1.29, 1.82) is 0 Å². The smallest absolute Gasteiger partial charge is 0.339 e. The van der Waals surface area contributed by atoms with Crippen molar-refractivity contribution in [3.05, 3.63) is 23.5 Å². The van der Waals surface area contributed by atoms with Crippen LogP contribution in [0, 0.1) is 6.92 Å². The van der Waals surface area contributed by atoms with Crippen LogP contribution in [0.4, 0.5) is 0 Å². The van der Waals surface area contributed by atoms with Crippen LogP contribution >= 0.6 is 0 Å². The molecule has 2 aromatic heterocycles. The first-order valence-electron chi connectivity index (χ1n) is 8.20. The van der Waals surface area contributed by atoms with Crippen molar-refractivity contribution in [2.75, 3.05) is 13.2 Å². The molecule has 0 aliphatic heterocycles. The highest BCUT2D eigenvalue weighted by Crippen LogP contribution is 2.22. The average Bonchev–Trinajstić information content (AvgIpc) is 2.96. The number of aryl methyl sites for hydroxylation is 1. The van der Waals surface area contributed by atoms with E-state index in [4.69, 9.17) is 4.74 Å². The summed E-state index contributed by atoms with van der Waals surface area (Å²) in [5.74, 6) is -0.484. The van der Waals surface area contributed by atoms with Gasteiger partial charge in [0.1, 0.15) is 0 Å². The molecule has 0 saturated carbocycles. The normalized spacial score (nSPS) is 12.2. The standard InChI is InChI=1S/C17H24N4O3/c1-5-12(3)21-16-15(10-19-21)14(9-11(2)20-16)17(23)24-8-6-7-18-13(4)22/h9-10,12H,5-8H2,1-4H3,(H,18,22). The van der Waals surface area contributed by atoms with Crippen molar-refractivity contribution in [3.8, 4) is 0 Å². The molecule has 0 saturated heterocycles. The van der Waals surface area contributed by atoms with E-state index in [1.54, 1.807) is 12.3 Å². The van der Waals surface area contributed by atoms with E-state index in [0.717, 1.165) is 12.1 Å². The van der Waals surface area contributed by atoms with Crippen molar-refractivity contribution in [2.45, 2.75) is 46.6 Å². The lowest BCUT2D eigenvalue weighted by molar-refractivity contribution is -0.118.